The van der Waals surface area contributed by atoms with E-state index >= 15 is 0 Å². The number of benzene rings is 1. The normalized spacial score (nSPS) is 10.3. The fraction of sp³-hybridized carbons (Fsp3) is 0. The van der Waals surface area contributed by atoms with Crippen LogP contribution in [0, 0.1) is 5.41 Å². The van der Waals surface area contributed by atoms with E-state index in [0.29, 0.717) is 16.5 Å². The van der Waals surface area contributed by atoms with E-state index < -0.39 is 11.8 Å². The molecule has 2 aromatic heterocycles. The highest BCUT2D eigenvalue weighted by Gasteiger charge is 2.13. The molecule has 0 bridgehead atoms. The van der Waals surface area contributed by atoms with Crippen LogP contribution in [0.3, 0.4) is 0 Å². The van der Waals surface area contributed by atoms with E-state index in [-0.39, 0.29) is 11.1 Å². The van der Waals surface area contributed by atoms with E-state index in [2.05, 4.69) is 15.8 Å². The van der Waals surface area contributed by atoms with Crippen LogP contribution in [0.4, 0.5) is 0 Å². The van der Waals surface area contributed by atoms with Crippen LogP contribution in [0.5, 0.6) is 0 Å². The number of nitrogens with one attached hydrogen (secondary N) is 3. The fourth-order valence-electron chi connectivity index (χ4n) is 2.00. The van der Waals surface area contributed by atoms with Gasteiger partial charge in [0.2, 0.25) is 5.55 Å². The van der Waals surface area contributed by atoms with E-state index in [0.717, 1.165) is 0 Å². The molecule has 114 valence electrons. The molecule has 0 aliphatic heterocycles. The molecule has 3 N–H and O–H groups in total. The molecular weight excluding hydrogens is 296 g/mol. The van der Waals surface area contributed by atoms with Gasteiger partial charge in [-0.2, -0.15) is 0 Å². The largest absolute Gasteiger partial charge is 0.438 e. The van der Waals surface area contributed by atoms with Gasteiger partial charge in [0, 0.05) is 23.3 Å². The summed E-state index contributed by atoms with van der Waals surface area (Å²) < 4.78 is 5.29. The average molecular weight is 308 g/mol. The van der Waals surface area contributed by atoms with Gasteiger partial charge in [0.25, 0.3) is 11.8 Å². The summed E-state index contributed by atoms with van der Waals surface area (Å²) in [6.45, 7) is 0. The Balaban J connectivity index is 1.77. The lowest BCUT2D eigenvalue weighted by molar-refractivity contribution is 0.0844. The highest BCUT2D eigenvalue weighted by molar-refractivity contribution is 5.99. The molecule has 0 atom stereocenters. The Morgan fingerprint density at radius 2 is 1.70 bits per heavy atom. The lowest BCUT2D eigenvalue weighted by Crippen LogP contribution is -2.43. The summed E-state index contributed by atoms with van der Waals surface area (Å²) in [5.41, 5.74) is 5.16. The first-order chi connectivity index (χ1) is 11.1. The zero-order valence-electron chi connectivity index (χ0n) is 11.9. The van der Waals surface area contributed by atoms with Crippen molar-refractivity contribution in [2.24, 2.45) is 0 Å². The number of aromatic nitrogens is 1. The van der Waals surface area contributed by atoms with Gasteiger partial charge in [-0.05, 0) is 24.3 Å². The summed E-state index contributed by atoms with van der Waals surface area (Å²) in [5.74, 6) is -1.11. The third-order valence-corrected chi connectivity index (χ3v) is 3.15. The van der Waals surface area contributed by atoms with Crippen LogP contribution >= 0.6 is 0 Å². The Morgan fingerprint density at radius 1 is 1.00 bits per heavy atom. The predicted molar refractivity (Wildman–Crippen MR) is 81.2 cm³/mol. The molecule has 3 rings (SSSR count). The molecule has 3 aromatic rings. The van der Waals surface area contributed by atoms with Gasteiger partial charge in [-0.3, -0.25) is 30.8 Å². The summed E-state index contributed by atoms with van der Waals surface area (Å²) in [6, 6.07) is 11.6. The molecule has 2 amide bonds. The highest BCUT2D eigenvalue weighted by Crippen LogP contribution is 2.12. The fourth-order valence-corrected chi connectivity index (χ4v) is 2.00. The molecule has 0 spiro atoms. The van der Waals surface area contributed by atoms with Gasteiger partial charge < -0.3 is 4.42 Å². The van der Waals surface area contributed by atoms with Crippen molar-refractivity contribution in [2.45, 2.75) is 0 Å². The number of pyridine rings is 1. The number of carbonyl (C=O) groups is 2. The molecule has 0 aliphatic rings. The van der Waals surface area contributed by atoms with E-state index in [1.165, 1.54) is 30.6 Å². The monoisotopic (exact) mass is 308 g/mol. The molecule has 7 nitrogen and oxygen atoms in total. The van der Waals surface area contributed by atoms with E-state index in [1.54, 1.807) is 24.3 Å². The molecule has 1 aromatic carbocycles. The number of fused-ring (bicyclic) bond motifs is 1. The zero-order chi connectivity index (χ0) is 16.2. The van der Waals surface area contributed by atoms with Crippen molar-refractivity contribution in [3.8, 4) is 0 Å². The van der Waals surface area contributed by atoms with Crippen LogP contribution in [0.2, 0.25) is 0 Å². The Labute approximate surface area is 130 Å². The van der Waals surface area contributed by atoms with Crippen LogP contribution in [-0.2, 0) is 0 Å². The summed E-state index contributed by atoms with van der Waals surface area (Å²) in [7, 11) is 0. The quantitative estimate of drug-likeness (QED) is 0.621. The predicted octanol–water partition coefficient (Wildman–Crippen LogP) is 1.38. The first-order valence-corrected chi connectivity index (χ1v) is 6.73. The summed E-state index contributed by atoms with van der Waals surface area (Å²) in [5, 5.41) is 8.47. The number of hydrogen-bond donors (Lipinski definition) is 3. The second-order valence-electron chi connectivity index (χ2n) is 4.67. The number of rotatable bonds is 2. The molecule has 0 saturated heterocycles. The molecule has 23 heavy (non-hydrogen) atoms. The molecule has 0 saturated carbocycles. The van der Waals surface area contributed by atoms with Gasteiger partial charge in [0.05, 0.1) is 0 Å². The average Bonchev–Trinajstić information content (AvgIpc) is 2.59. The third kappa shape index (κ3) is 3.08. The number of amides is 2. The van der Waals surface area contributed by atoms with Crippen LogP contribution in [0.1, 0.15) is 20.7 Å². The first kappa shape index (κ1) is 14.5. The molecule has 0 unspecified atom stereocenters. The molecule has 7 heteroatoms. The van der Waals surface area contributed by atoms with E-state index in [9.17, 15) is 9.59 Å². The van der Waals surface area contributed by atoms with Crippen molar-refractivity contribution in [1.82, 2.24) is 15.8 Å². The zero-order valence-corrected chi connectivity index (χ0v) is 11.9. The van der Waals surface area contributed by atoms with Gasteiger partial charge in [0.1, 0.15) is 11.1 Å². The van der Waals surface area contributed by atoms with Crippen molar-refractivity contribution < 1.29 is 14.0 Å². The maximum Gasteiger partial charge on any atom is 0.275 e. The minimum Gasteiger partial charge on any atom is -0.438 e. The van der Waals surface area contributed by atoms with Gasteiger partial charge in [-0.1, -0.05) is 18.2 Å². The third-order valence-electron chi connectivity index (χ3n) is 3.15. The minimum absolute atomic E-state index is 0.0266. The number of nitrogens with zero attached hydrogens (tertiary/aromatic N) is 1. The Morgan fingerprint density at radius 3 is 2.48 bits per heavy atom. The van der Waals surface area contributed by atoms with Gasteiger partial charge in [-0.25, -0.2) is 0 Å². The van der Waals surface area contributed by atoms with Crippen molar-refractivity contribution in [3.05, 3.63) is 71.5 Å². The Bertz CT molecular complexity index is 935. The molecule has 0 aliphatic carbocycles. The van der Waals surface area contributed by atoms with Crippen LogP contribution in [0.25, 0.3) is 11.0 Å². The van der Waals surface area contributed by atoms with Crippen LogP contribution in [-0.4, -0.2) is 16.8 Å². The van der Waals surface area contributed by atoms with Crippen molar-refractivity contribution >= 4 is 22.8 Å². The molecule has 2 heterocycles. The molecule has 0 radical (unpaired) electrons. The lowest BCUT2D eigenvalue weighted by Gasteiger charge is -2.07. The summed E-state index contributed by atoms with van der Waals surface area (Å²) in [6.07, 6.45) is 2.95. The van der Waals surface area contributed by atoms with Crippen molar-refractivity contribution in [3.63, 3.8) is 0 Å². The Hall–Kier alpha value is -3.48. The molecule has 0 fully saturated rings. The topological polar surface area (TPSA) is 108 Å². The summed E-state index contributed by atoms with van der Waals surface area (Å²) in [4.78, 5) is 27.8. The van der Waals surface area contributed by atoms with Crippen LogP contribution in [0.15, 0.2) is 59.3 Å². The number of hydrazine groups is 1. The van der Waals surface area contributed by atoms with Gasteiger partial charge in [-0.15, -0.1) is 0 Å². The van der Waals surface area contributed by atoms with Gasteiger partial charge >= 0.3 is 0 Å². The second-order valence-corrected chi connectivity index (χ2v) is 4.67. The van der Waals surface area contributed by atoms with Gasteiger partial charge in [0.15, 0.2) is 0 Å². The summed E-state index contributed by atoms with van der Waals surface area (Å²) >= 11 is 0. The van der Waals surface area contributed by atoms with Crippen molar-refractivity contribution in [2.75, 3.05) is 0 Å². The van der Waals surface area contributed by atoms with E-state index in [4.69, 9.17) is 9.83 Å². The Kier molecular flexibility index (Phi) is 3.84. The minimum atomic E-state index is -0.632. The standard InChI is InChI=1S/C16H12N4O3/c17-14-12(9-11-3-1-2-4-13(11)23-14)16(22)20-19-15(21)10-5-7-18-8-6-10/h1-9,17H,(H,19,21)(H,20,22). The highest BCUT2D eigenvalue weighted by atomic mass is 16.3. The second kappa shape index (κ2) is 6.10. The SMILES string of the molecule is N=c1oc2ccccc2cc1C(=O)NNC(=O)c1ccncc1. The number of carbonyl (C=O) groups excluding carboxylic acids is 2. The van der Waals surface area contributed by atoms with Crippen LogP contribution < -0.4 is 16.4 Å². The number of para-hydroxylation sites is 1. The lowest BCUT2D eigenvalue weighted by atomic mass is 10.2. The van der Waals surface area contributed by atoms with Crippen molar-refractivity contribution in [1.29, 1.82) is 5.41 Å². The smallest absolute Gasteiger partial charge is 0.275 e. The molecular formula is C16H12N4O3. The number of hydrogen-bond acceptors (Lipinski definition) is 5. The first-order valence-electron chi connectivity index (χ1n) is 6.73. The maximum absolute atomic E-state index is 12.1. The van der Waals surface area contributed by atoms with E-state index in [1.807, 2.05) is 0 Å². The maximum atomic E-state index is 12.1.